The van der Waals surface area contributed by atoms with E-state index in [1.165, 1.54) is 35.0 Å². The summed E-state index contributed by atoms with van der Waals surface area (Å²) in [6.07, 6.45) is 4.18. The molecule has 0 aromatic heterocycles. The number of carbonyl (C=O) groups excluding carboxylic acids is 1. The molecule has 0 spiro atoms. The smallest absolute Gasteiger partial charge is 0.214 e. The third-order valence-corrected chi connectivity index (χ3v) is 4.81. The molecule has 0 fully saturated rings. The number of hydrogen-bond donors (Lipinski definition) is 3. The zero-order chi connectivity index (χ0) is 22.1. The van der Waals surface area contributed by atoms with Crippen LogP contribution >= 0.6 is 11.8 Å². The van der Waals surface area contributed by atoms with Crippen LogP contribution in [0.5, 0.6) is 5.75 Å². The summed E-state index contributed by atoms with van der Waals surface area (Å²) in [5.74, 6) is 0.906. The fourth-order valence-corrected chi connectivity index (χ4v) is 3.16. The second kappa shape index (κ2) is 11.1. The molecule has 0 bridgehead atoms. The van der Waals surface area contributed by atoms with Crippen LogP contribution in [0.25, 0.3) is 5.70 Å². The predicted molar refractivity (Wildman–Crippen MR) is 122 cm³/mol. The molecule has 9 heteroatoms. The molecule has 160 valence electrons. The largest absolute Gasteiger partial charge is 0.495 e. The molecular weight excluding hydrogens is 405 g/mol. The molecule has 0 aliphatic carbocycles. The molecule has 30 heavy (non-hydrogen) atoms. The molecule has 2 aromatic carbocycles. The van der Waals surface area contributed by atoms with E-state index in [2.05, 4.69) is 10.3 Å². The highest BCUT2D eigenvalue weighted by molar-refractivity contribution is 7.98. The first-order valence-corrected chi connectivity index (χ1v) is 10.5. The van der Waals surface area contributed by atoms with Gasteiger partial charge in [-0.05, 0) is 49.1 Å². The van der Waals surface area contributed by atoms with Gasteiger partial charge in [-0.25, -0.2) is 9.38 Å². The first-order valence-electron chi connectivity index (χ1n) is 9.09. The van der Waals surface area contributed by atoms with E-state index < -0.39 is 0 Å². The van der Waals surface area contributed by atoms with Crippen molar-refractivity contribution in [1.82, 2.24) is 5.32 Å². The van der Waals surface area contributed by atoms with Crippen molar-refractivity contribution >= 4 is 35.5 Å². The van der Waals surface area contributed by atoms with Crippen LogP contribution in [0.1, 0.15) is 24.1 Å². The second-order valence-corrected chi connectivity index (χ2v) is 7.20. The Bertz CT molecular complexity index is 918. The molecule has 0 radical (unpaired) electrons. The number of benzene rings is 2. The van der Waals surface area contributed by atoms with Crippen molar-refractivity contribution in [2.24, 2.45) is 16.5 Å². The van der Waals surface area contributed by atoms with Crippen LogP contribution < -0.4 is 26.4 Å². The van der Waals surface area contributed by atoms with Gasteiger partial charge in [0.25, 0.3) is 0 Å². The highest BCUT2D eigenvalue weighted by Crippen LogP contribution is 2.30. The average molecular weight is 432 g/mol. The standard InChI is InChI=1S/C21H26FN5O2S/c1-14(15-4-7-17(22)8-5-15)26-21(24)25-11-18(23)16-6-9-20(29-2)19(10-16)27(12-28)13-30-3/h4-12,14H,13,23H2,1-3H3,(H3,24,25,26)/b18-11-. The minimum atomic E-state index is -0.304. The summed E-state index contributed by atoms with van der Waals surface area (Å²) in [5, 5.41) is 2.86. The van der Waals surface area contributed by atoms with E-state index in [0.29, 0.717) is 28.6 Å². The van der Waals surface area contributed by atoms with Gasteiger partial charge in [-0.2, -0.15) is 0 Å². The fraction of sp³-hybridized carbons (Fsp3) is 0.238. The number of amides is 1. The molecule has 5 N–H and O–H groups in total. The second-order valence-electron chi connectivity index (χ2n) is 6.37. The normalized spacial score (nSPS) is 12.9. The Hall–Kier alpha value is -3.20. The first kappa shape index (κ1) is 23.1. The Morgan fingerprint density at radius 3 is 2.60 bits per heavy atom. The number of hydrogen-bond acceptors (Lipinski definition) is 5. The molecule has 1 atom stereocenters. The Balaban J connectivity index is 2.17. The van der Waals surface area contributed by atoms with Crippen LogP contribution in [0, 0.1) is 5.82 Å². The number of anilines is 1. The molecule has 1 amide bonds. The Labute approximate surface area is 180 Å². The summed E-state index contributed by atoms with van der Waals surface area (Å²) in [4.78, 5) is 17.3. The molecule has 0 saturated carbocycles. The highest BCUT2D eigenvalue weighted by atomic mass is 32.2. The van der Waals surface area contributed by atoms with Crippen molar-refractivity contribution in [2.45, 2.75) is 13.0 Å². The predicted octanol–water partition coefficient (Wildman–Crippen LogP) is 3.04. The van der Waals surface area contributed by atoms with Crippen LogP contribution in [0.4, 0.5) is 10.1 Å². The minimum absolute atomic E-state index is 0.167. The maximum atomic E-state index is 13.0. The minimum Gasteiger partial charge on any atom is -0.495 e. The van der Waals surface area contributed by atoms with E-state index in [1.807, 2.05) is 13.2 Å². The topological polar surface area (TPSA) is 106 Å². The number of ether oxygens (including phenoxy) is 1. The number of aliphatic imine (C=N–C) groups is 1. The zero-order valence-corrected chi connectivity index (χ0v) is 17.9. The van der Waals surface area contributed by atoms with E-state index in [1.54, 1.807) is 37.4 Å². The van der Waals surface area contributed by atoms with Gasteiger partial charge in [-0.15, -0.1) is 11.8 Å². The van der Waals surface area contributed by atoms with E-state index in [9.17, 15) is 9.18 Å². The molecule has 2 rings (SSSR count). The van der Waals surface area contributed by atoms with Gasteiger partial charge in [-0.1, -0.05) is 12.1 Å². The lowest BCUT2D eigenvalue weighted by atomic mass is 10.1. The molecule has 0 aliphatic rings. The zero-order valence-electron chi connectivity index (χ0n) is 17.1. The van der Waals surface area contributed by atoms with Crippen LogP contribution in [0.3, 0.4) is 0 Å². The lowest BCUT2D eigenvalue weighted by molar-refractivity contribution is -0.107. The number of methoxy groups -OCH3 is 1. The number of carbonyl (C=O) groups is 1. The van der Waals surface area contributed by atoms with Crippen LogP contribution in [0.15, 0.2) is 53.7 Å². The van der Waals surface area contributed by atoms with Gasteiger partial charge < -0.3 is 26.4 Å². The maximum Gasteiger partial charge on any atom is 0.214 e. The fourth-order valence-electron chi connectivity index (χ4n) is 2.69. The van der Waals surface area contributed by atoms with E-state index >= 15 is 0 Å². The van der Waals surface area contributed by atoms with Crippen molar-refractivity contribution in [3.8, 4) is 5.75 Å². The molecule has 1 unspecified atom stereocenters. The van der Waals surface area contributed by atoms with Gasteiger partial charge in [0.1, 0.15) is 11.6 Å². The highest BCUT2D eigenvalue weighted by Gasteiger charge is 2.13. The molecule has 0 saturated heterocycles. The van der Waals surface area contributed by atoms with Gasteiger partial charge in [0.15, 0.2) is 5.96 Å². The number of nitrogens with one attached hydrogen (secondary N) is 1. The number of guanidine groups is 1. The molecule has 0 heterocycles. The molecule has 7 nitrogen and oxygen atoms in total. The number of thioether (sulfide) groups is 1. The van der Waals surface area contributed by atoms with E-state index in [4.69, 9.17) is 16.2 Å². The van der Waals surface area contributed by atoms with E-state index in [0.717, 1.165) is 12.0 Å². The summed E-state index contributed by atoms with van der Waals surface area (Å²) >= 11 is 1.51. The Kier molecular flexibility index (Phi) is 8.54. The van der Waals surface area contributed by atoms with Crippen LogP contribution in [-0.4, -0.2) is 31.6 Å². The lowest BCUT2D eigenvalue weighted by Crippen LogP contribution is -2.28. The van der Waals surface area contributed by atoms with Crippen molar-refractivity contribution < 1.29 is 13.9 Å². The lowest BCUT2D eigenvalue weighted by Gasteiger charge is -2.20. The molecular formula is C21H26FN5O2S. The van der Waals surface area contributed by atoms with Crippen LogP contribution in [-0.2, 0) is 4.79 Å². The molecule has 0 aliphatic heterocycles. The van der Waals surface area contributed by atoms with E-state index in [-0.39, 0.29) is 17.8 Å². The number of halogens is 1. The van der Waals surface area contributed by atoms with Gasteiger partial charge in [0, 0.05) is 11.8 Å². The first-order chi connectivity index (χ1) is 14.4. The van der Waals surface area contributed by atoms with Crippen molar-refractivity contribution in [1.29, 1.82) is 0 Å². The van der Waals surface area contributed by atoms with Gasteiger partial charge in [0.05, 0.1) is 30.4 Å². The van der Waals surface area contributed by atoms with Crippen molar-refractivity contribution in [3.63, 3.8) is 0 Å². The third-order valence-electron chi connectivity index (χ3n) is 4.28. The number of rotatable bonds is 9. The average Bonchev–Trinajstić information content (AvgIpc) is 2.75. The number of nitrogens with two attached hydrogens (primary N) is 2. The Morgan fingerprint density at radius 1 is 1.30 bits per heavy atom. The van der Waals surface area contributed by atoms with Crippen molar-refractivity contribution in [3.05, 3.63) is 65.6 Å². The monoisotopic (exact) mass is 431 g/mol. The van der Waals surface area contributed by atoms with Gasteiger partial charge in [0.2, 0.25) is 6.41 Å². The summed E-state index contributed by atoms with van der Waals surface area (Å²) < 4.78 is 18.4. The summed E-state index contributed by atoms with van der Waals surface area (Å²) in [6, 6.07) is 11.1. The third kappa shape index (κ3) is 6.15. The maximum absolute atomic E-state index is 13.0. The summed E-state index contributed by atoms with van der Waals surface area (Å²) in [7, 11) is 1.54. The van der Waals surface area contributed by atoms with Crippen LogP contribution in [0.2, 0.25) is 0 Å². The summed E-state index contributed by atoms with van der Waals surface area (Å²) in [5.41, 5.74) is 14.6. The molecule has 2 aromatic rings. The Morgan fingerprint density at radius 2 is 2.00 bits per heavy atom. The quantitative estimate of drug-likeness (QED) is 0.244. The SMILES string of the molecule is COc1ccc(/C(N)=C/NC(N)=NC(C)c2ccc(F)cc2)cc1N(C=O)CSC. The summed E-state index contributed by atoms with van der Waals surface area (Å²) in [6.45, 7) is 1.85. The van der Waals surface area contributed by atoms with Crippen molar-refractivity contribution in [2.75, 3.05) is 24.1 Å². The van der Waals surface area contributed by atoms with Gasteiger partial charge >= 0.3 is 0 Å². The van der Waals surface area contributed by atoms with Gasteiger partial charge in [-0.3, -0.25) is 4.79 Å². The number of nitrogens with zero attached hydrogens (tertiary/aromatic N) is 2.